The summed E-state index contributed by atoms with van der Waals surface area (Å²) >= 11 is 0. The maximum absolute atomic E-state index is 13.0. The molecule has 0 spiro atoms. The van der Waals surface area contributed by atoms with Crippen molar-refractivity contribution >= 4 is 11.9 Å². The molecule has 6 rings (SSSR count). The van der Waals surface area contributed by atoms with E-state index in [9.17, 15) is 9.59 Å². The highest BCUT2D eigenvalue weighted by atomic mass is 16.6. The van der Waals surface area contributed by atoms with Gasteiger partial charge in [-0.3, -0.25) is 9.59 Å². The molecule has 0 saturated heterocycles. The number of hydrogen-bond donors (Lipinski definition) is 0. The lowest BCUT2D eigenvalue weighted by atomic mass is 9.77. The molecule has 0 aromatic heterocycles. The monoisotopic (exact) mass is 744 g/mol. The van der Waals surface area contributed by atoms with E-state index in [2.05, 4.69) is 0 Å². The molecule has 0 bridgehead atoms. The molecule has 0 unspecified atom stereocenters. The minimum Gasteiger partial charge on any atom is -0.497 e. The average Bonchev–Trinajstić information content (AvgIpc) is 3.18. The molecular formula is C41H44O13. The second-order valence-electron chi connectivity index (χ2n) is 12.6. The van der Waals surface area contributed by atoms with Crippen LogP contribution in [0.25, 0.3) is 0 Å². The standard InChI is InChI=1S/C41H44O13/c1-21(42)51-35-19-27-30(47-6)20-34(50-9)37(40(27)54-38(35)23-10-14-28(45-4)32(16-23)48-7)36-26-13-12-25(44-3)18-31(26)53-39(41(36)52-22(2)43)24-11-15-29(46-5)33(17-24)49-8/h10-18,20,35-36,38-39,41H,19H2,1-9H3/t35-,36-,38+,39+,41-/m0/s1. The van der Waals surface area contributed by atoms with Crippen molar-refractivity contribution < 1.29 is 61.7 Å². The smallest absolute Gasteiger partial charge is 0.303 e. The van der Waals surface area contributed by atoms with Crippen LogP contribution in [-0.2, 0) is 25.5 Å². The van der Waals surface area contributed by atoms with E-state index < -0.39 is 42.3 Å². The molecule has 5 atom stereocenters. The van der Waals surface area contributed by atoms with Gasteiger partial charge in [-0.25, -0.2) is 0 Å². The summed E-state index contributed by atoms with van der Waals surface area (Å²) in [5.41, 5.74) is 3.18. The van der Waals surface area contributed by atoms with Gasteiger partial charge in [0.15, 0.2) is 41.3 Å². The van der Waals surface area contributed by atoms with Crippen LogP contribution in [0.4, 0.5) is 0 Å². The predicted octanol–water partition coefficient (Wildman–Crippen LogP) is 6.55. The van der Waals surface area contributed by atoms with E-state index in [1.807, 2.05) is 24.3 Å². The van der Waals surface area contributed by atoms with Gasteiger partial charge in [-0.1, -0.05) is 18.2 Å². The van der Waals surface area contributed by atoms with Gasteiger partial charge in [0.1, 0.15) is 34.9 Å². The van der Waals surface area contributed by atoms with Gasteiger partial charge < -0.3 is 52.1 Å². The van der Waals surface area contributed by atoms with Crippen LogP contribution in [0.3, 0.4) is 0 Å². The highest BCUT2D eigenvalue weighted by Crippen LogP contribution is 2.57. The summed E-state index contributed by atoms with van der Waals surface area (Å²) in [6.45, 7) is 2.70. The molecule has 0 saturated carbocycles. The third-order valence-corrected chi connectivity index (χ3v) is 9.61. The van der Waals surface area contributed by atoms with Gasteiger partial charge in [0.25, 0.3) is 0 Å². The molecule has 0 amide bonds. The van der Waals surface area contributed by atoms with Crippen LogP contribution in [0.5, 0.6) is 51.7 Å². The van der Waals surface area contributed by atoms with E-state index in [4.69, 9.17) is 52.1 Å². The van der Waals surface area contributed by atoms with Gasteiger partial charge in [-0.2, -0.15) is 0 Å². The van der Waals surface area contributed by atoms with Gasteiger partial charge in [0.2, 0.25) is 0 Å². The highest BCUT2D eigenvalue weighted by Gasteiger charge is 2.48. The van der Waals surface area contributed by atoms with E-state index in [1.165, 1.54) is 21.0 Å². The molecule has 0 aliphatic carbocycles. The van der Waals surface area contributed by atoms with Crippen LogP contribution in [0.15, 0.2) is 60.7 Å². The minimum atomic E-state index is -0.970. The minimum absolute atomic E-state index is 0.212. The van der Waals surface area contributed by atoms with Crippen LogP contribution in [0.1, 0.15) is 59.8 Å². The Labute approximate surface area is 313 Å². The molecule has 0 N–H and O–H groups in total. The summed E-state index contributed by atoms with van der Waals surface area (Å²) in [7, 11) is 10.8. The van der Waals surface area contributed by atoms with Crippen molar-refractivity contribution in [3.8, 4) is 51.7 Å². The number of esters is 2. The number of fused-ring (bicyclic) bond motifs is 2. The Bertz CT molecular complexity index is 2020. The normalized spacial score (nSPS) is 19.8. The van der Waals surface area contributed by atoms with Gasteiger partial charge in [0.05, 0.1) is 55.7 Å². The Hall–Kier alpha value is -5.98. The summed E-state index contributed by atoms with van der Waals surface area (Å²) in [4.78, 5) is 25.6. The van der Waals surface area contributed by atoms with Crippen molar-refractivity contribution in [2.45, 2.75) is 50.6 Å². The molecule has 4 aromatic carbocycles. The molecule has 2 aliphatic rings. The van der Waals surface area contributed by atoms with Crippen molar-refractivity contribution in [1.82, 2.24) is 0 Å². The number of benzene rings is 4. The number of ether oxygens (including phenoxy) is 11. The fourth-order valence-corrected chi connectivity index (χ4v) is 7.27. The first kappa shape index (κ1) is 37.8. The Morgan fingerprint density at radius 2 is 1.15 bits per heavy atom. The summed E-state index contributed by atoms with van der Waals surface area (Å²) in [6, 6.07) is 18.0. The molecule has 4 aromatic rings. The SMILES string of the molecule is COc1ccc2c(c1)O[C@H](c1ccc(OC)c(OC)c1)[C@@H](OC(C)=O)[C@@H]2c1c(OC)cc(OC)c2c1O[C@H](c1ccc(OC)c(OC)c1)[C@@H](OC(C)=O)C2. The lowest BCUT2D eigenvalue weighted by Gasteiger charge is -2.42. The van der Waals surface area contributed by atoms with Crippen LogP contribution in [-0.4, -0.2) is 73.9 Å². The molecule has 13 nitrogen and oxygen atoms in total. The zero-order chi connectivity index (χ0) is 38.7. The summed E-state index contributed by atoms with van der Waals surface area (Å²) < 4.78 is 65.8. The molecule has 54 heavy (non-hydrogen) atoms. The average molecular weight is 745 g/mol. The maximum Gasteiger partial charge on any atom is 0.303 e. The molecule has 286 valence electrons. The predicted molar refractivity (Wildman–Crippen MR) is 195 cm³/mol. The van der Waals surface area contributed by atoms with Crippen LogP contribution >= 0.6 is 0 Å². The lowest BCUT2D eigenvalue weighted by molar-refractivity contribution is -0.153. The molecular weight excluding hydrogens is 700 g/mol. The van der Waals surface area contributed by atoms with Crippen LogP contribution < -0.4 is 42.6 Å². The first-order chi connectivity index (χ1) is 26.1. The second-order valence-corrected chi connectivity index (χ2v) is 12.6. The topological polar surface area (TPSA) is 136 Å². The van der Waals surface area contributed by atoms with Crippen LogP contribution in [0, 0.1) is 0 Å². The van der Waals surface area contributed by atoms with Gasteiger partial charge in [-0.15, -0.1) is 0 Å². The zero-order valence-corrected chi connectivity index (χ0v) is 31.7. The molecule has 0 fully saturated rings. The van der Waals surface area contributed by atoms with E-state index in [-0.39, 0.29) is 6.42 Å². The van der Waals surface area contributed by atoms with E-state index >= 15 is 0 Å². The third kappa shape index (κ3) is 7.05. The van der Waals surface area contributed by atoms with Crippen molar-refractivity contribution in [3.63, 3.8) is 0 Å². The fourth-order valence-electron chi connectivity index (χ4n) is 7.27. The number of carbonyl (C=O) groups is 2. The highest BCUT2D eigenvalue weighted by molar-refractivity contribution is 5.69. The van der Waals surface area contributed by atoms with E-state index in [0.717, 1.165) is 0 Å². The fraction of sp³-hybridized carbons (Fsp3) is 0.366. The Morgan fingerprint density at radius 3 is 1.69 bits per heavy atom. The maximum atomic E-state index is 13.0. The summed E-state index contributed by atoms with van der Waals surface area (Å²) in [5.74, 6) is 2.52. The Morgan fingerprint density at radius 1 is 0.574 bits per heavy atom. The number of methoxy groups -OCH3 is 7. The first-order valence-corrected chi connectivity index (χ1v) is 17.2. The van der Waals surface area contributed by atoms with Crippen molar-refractivity contribution in [1.29, 1.82) is 0 Å². The number of rotatable bonds is 12. The second kappa shape index (κ2) is 15.9. The Kier molecular flexibility index (Phi) is 11.2. The number of hydrogen-bond acceptors (Lipinski definition) is 13. The molecule has 13 heteroatoms. The third-order valence-electron chi connectivity index (χ3n) is 9.61. The van der Waals surface area contributed by atoms with E-state index in [0.29, 0.717) is 79.6 Å². The summed E-state index contributed by atoms with van der Waals surface area (Å²) in [6.07, 6.45) is -3.20. The molecule has 2 heterocycles. The van der Waals surface area contributed by atoms with Crippen LogP contribution in [0.2, 0.25) is 0 Å². The largest absolute Gasteiger partial charge is 0.497 e. The first-order valence-electron chi connectivity index (χ1n) is 17.2. The van der Waals surface area contributed by atoms with Gasteiger partial charge in [-0.05, 0) is 30.3 Å². The van der Waals surface area contributed by atoms with E-state index in [1.54, 1.807) is 79.1 Å². The Balaban J connectivity index is 1.63. The quantitative estimate of drug-likeness (QED) is 0.145. The van der Waals surface area contributed by atoms with Crippen molar-refractivity contribution in [2.24, 2.45) is 0 Å². The van der Waals surface area contributed by atoms with Crippen molar-refractivity contribution in [3.05, 3.63) is 88.5 Å². The van der Waals surface area contributed by atoms with Crippen molar-refractivity contribution in [2.75, 3.05) is 49.8 Å². The lowest BCUT2D eigenvalue weighted by Crippen LogP contribution is -2.40. The van der Waals surface area contributed by atoms with Gasteiger partial charge >= 0.3 is 11.9 Å². The zero-order valence-electron chi connectivity index (χ0n) is 31.7. The summed E-state index contributed by atoms with van der Waals surface area (Å²) in [5, 5.41) is 0. The van der Waals surface area contributed by atoms with Gasteiger partial charge in [0, 0.05) is 60.2 Å². The molecule has 0 radical (unpaired) electrons. The molecule has 2 aliphatic heterocycles. The number of carbonyl (C=O) groups excluding carboxylic acids is 2.